The third-order valence-corrected chi connectivity index (χ3v) is 4.74. The second-order valence-electron chi connectivity index (χ2n) is 5.99. The minimum absolute atomic E-state index is 0.430. The number of pyridine rings is 1. The van der Waals surface area contributed by atoms with Crippen LogP contribution in [-0.2, 0) is 6.42 Å². The van der Waals surface area contributed by atoms with Gasteiger partial charge in [0.1, 0.15) is 10.2 Å². The molecule has 27 heavy (non-hydrogen) atoms. The van der Waals surface area contributed by atoms with Gasteiger partial charge in [-0.1, -0.05) is 58.7 Å². The lowest BCUT2D eigenvalue weighted by Crippen LogP contribution is -2.05. The maximum absolute atomic E-state index is 6.51. The van der Waals surface area contributed by atoms with Crippen molar-refractivity contribution in [3.63, 3.8) is 0 Å². The van der Waals surface area contributed by atoms with Crippen molar-refractivity contribution in [1.82, 2.24) is 10.1 Å². The first kappa shape index (κ1) is 17.6. The summed E-state index contributed by atoms with van der Waals surface area (Å²) in [7, 11) is 0. The van der Waals surface area contributed by atoms with Gasteiger partial charge >= 0.3 is 0 Å². The molecular weight excluding hydrogens is 383 g/mol. The van der Waals surface area contributed by atoms with Crippen LogP contribution in [0.25, 0.3) is 11.0 Å². The number of halogens is 2. The number of nitrogens with zero attached hydrogens (tertiary/aromatic N) is 2. The van der Waals surface area contributed by atoms with Crippen molar-refractivity contribution >= 4 is 51.4 Å². The van der Waals surface area contributed by atoms with Gasteiger partial charge < -0.3 is 15.2 Å². The lowest BCUT2D eigenvalue weighted by Gasteiger charge is -2.08. The van der Waals surface area contributed by atoms with Gasteiger partial charge in [-0.25, -0.2) is 4.98 Å². The highest BCUT2D eigenvalue weighted by molar-refractivity contribution is 6.37. The smallest absolute Gasteiger partial charge is 0.189 e. The Labute approximate surface area is 166 Å². The predicted molar refractivity (Wildman–Crippen MR) is 110 cm³/mol. The number of fused-ring (bicyclic) bond motifs is 1. The van der Waals surface area contributed by atoms with Gasteiger partial charge in [-0.15, -0.1) is 0 Å². The highest BCUT2D eigenvalue weighted by Crippen LogP contribution is 2.35. The van der Waals surface area contributed by atoms with Crippen LogP contribution in [0.4, 0.5) is 17.2 Å². The summed E-state index contributed by atoms with van der Waals surface area (Å²) in [5, 5.41) is 12.3. The summed E-state index contributed by atoms with van der Waals surface area (Å²) < 4.78 is 5.45. The van der Waals surface area contributed by atoms with Crippen molar-refractivity contribution in [3.8, 4) is 0 Å². The Morgan fingerprint density at radius 1 is 0.963 bits per heavy atom. The fourth-order valence-corrected chi connectivity index (χ4v) is 3.15. The standard InChI is InChI=1S/C20H16Cl2N4O/c21-17-9-6-14(12-24-17)25-20-15-7-8-16(18(22)19(15)27-26-20)23-11-10-13-4-2-1-3-5-13/h1-9,12,23H,10-11H2,(H,25,26). The number of rotatable bonds is 6. The number of hydrogen-bond acceptors (Lipinski definition) is 5. The fraction of sp³-hybridized carbons (Fsp3) is 0.100. The Balaban J connectivity index is 1.50. The average molecular weight is 399 g/mol. The normalized spacial score (nSPS) is 10.9. The number of nitrogens with one attached hydrogen (secondary N) is 2. The maximum Gasteiger partial charge on any atom is 0.189 e. The van der Waals surface area contributed by atoms with E-state index >= 15 is 0 Å². The molecule has 0 atom stereocenters. The van der Waals surface area contributed by atoms with Gasteiger partial charge in [-0.05, 0) is 36.2 Å². The highest BCUT2D eigenvalue weighted by Gasteiger charge is 2.14. The van der Waals surface area contributed by atoms with Crippen molar-refractivity contribution < 1.29 is 4.52 Å². The van der Waals surface area contributed by atoms with Crippen LogP contribution >= 0.6 is 23.2 Å². The summed E-state index contributed by atoms with van der Waals surface area (Å²) in [4.78, 5) is 4.04. The zero-order valence-electron chi connectivity index (χ0n) is 14.2. The monoisotopic (exact) mass is 398 g/mol. The van der Waals surface area contributed by atoms with E-state index in [-0.39, 0.29) is 0 Å². The van der Waals surface area contributed by atoms with E-state index in [9.17, 15) is 0 Å². The molecule has 0 amide bonds. The summed E-state index contributed by atoms with van der Waals surface area (Å²) in [5.41, 5.74) is 3.38. The minimum Gasteiger partial charge on any atom is -0.383 e. The highest BCUT2D eigenvalue weighted by atomic mass is 35.5. The maximum atomic E-state index is 6.51. The fourth-order valence-electron chi connectivity index (χ4n) is 2.77. The summed E-state index contributed by atoms with van der Waals surface area (Å²) in [6, 6.07) is 17.7. The molecular formula is C20H16Cl2N4O. The molecule has 0 radical (unpaired) electrons. The molecule has 2 N–H and O–H groups in total. The van der Waals surface area contributed by atoms with Gasteiger partial charge in [0.15, 0.2) is 11.4 Å². The zero-order chi connectivity index (χ0) is 18.6. The van der Waals surface area contributed by atoms with Crippen LogP contribution in [0.5, 0.6) is 0 Å². The van der Waals surface area contributed by atoms with Crippen molar-refractivity contribution in [2.75, 3.05) is 17.2 Å². The van der Waals surface area contributed by atoms with Gasteiger partial charge in [0.05, 0.1) is 23.0 Å². The third-order valence-electron chi connectivity index (χ3n) is 4.14. The van der Waals surface area contributed by atoms with E-state index in [4.69, 9.17) is 27.7 Å². The van der Waals surface area contributed by atoms with Crippen LogP contribution in [0.1, 0.15) is 5.56 Å². The van der Waals surface area contributed by atoms with Crippen molar-refractivity contribution in [2.24, 2.45) is 0 Å². The van der Waals surface area contributed by atoms with Crippen LogP contribution in [0.3, 0.4) is 0 Å². The summed E-state index contributed by atoms with van der Waals surface area (Å²) in [6.07, 6.45) is 2.53. The molecule has 2 heterocycles. The van der Waals surface area contributed by atoms with E-state index in [0.29, 0.717) is 21.6 Å². The summed E-state index contributed by atoms with van der Waals surface area (Å²) in [5.74, 6) is 0.576. The lowest BCUT2D eigenvalue weighted by atomic mass is 10.1. The SMILES string of the molecule is Clc1ccc(Nc2noc3c(Cl)c(NCCc4ccccc4)ccc23)cn1. The molecule has 0 aliphatic carbocycles. The largest absolute Gasteiger partial charge is 0.383 e. The van der Waals surface area contributed by atoms with E-state index in [1.54, 1.807) is 12.3 Å². The Morgan fingerprint density at radius 2 is 1.81 bits per heavy atom. The predicted octanol–water partition coefficient (Wildman–Crippen LogP) is 5.93. The molecule has 5 nitrogen and oxygen atoms in total. The van der Waals surface area contributed by atoms with Crippen molar-refractivity contribution in [1.29, 1.82) is 0 Å². The number of anilines is 3. The molecule has 2 aromatic heterocycles. The van der Waals surface area contributed by atoms with Crippen molar-refractivity contribution in [3.05, 3.63) is 76.5 Å². The third kappa shape index (κ3) is 3.99. The number of benzene rings is 2. The molecule has 0 bridgehead atoms. The number of aromatic nitrogens is 2. The first-order valence-electron chi connectivity index (χ1n) is 8.45. The van der Waals surface area contributed by atoms with Crippen LogP contribution in [0.15, 0.2) is 65.3 Å². The number of hydrogen-bond donors (Lipinski definition) is 2. The lowest BCUT2D eigenvalue weighted by molar-refractivity contribution is 0.460. The molecule has 0 aliphatic rings. The molecule has 4 rings (SSSR count). The van der Waals surface area contributed by atoms with E-state index in [1.807, 2.05) is 36.4 Å². The Morgan fingerprint density at radius 3 is 2.59 bits per heavy atom. The Kier molecular flexibility index (Phi) is 5.14. The van der Waals surface area contributed by atoms with E-state index in [1.165, 1.54) is 5.56 Å². The van der Waals surface area contributed by atoms with Crippen molar-refractivity contribution in [2.45, 2.75) is 6.42 Å². The van der Waals surface area contributed by atoms with Gasteiger partial charge in [0.25, 0.3) is 0 Å². The summed E-state index contributed by atoms with van der Waals surface area (Å²) >= 11 is 12.3. The first-order valence-corrected chi connectivity index (χ1v) is 9.20. The van der Waals surface area contributed by atoms with Crippen LogP contribution in [-0.4, -0.2) is 16.7 Å². The van der Waals surface area contributed by atoms with E-state index in [0.717, 1.165) is 29.7 Å². The molecule has 0 unspecified atom stereocenters. The Bertz CT molecular complexity index is 1050. The zero-order valence-corrected chi connectivity index (χ0v) is 15.8. The quantitative estimate of drug-likeness (QED) is 0.394. The van der Waals surface area contributed by atoms with E-state index in [2.05, 4.69) is 32.9 Å². The molecule has 0 saturated heterocycles. The molecule has 0 fully saturated rings. The van der Waals surface area contributed by atoms with Gasteiger partial charge in [0.2, 0.25) is 0 Å². The van der Waals surface area contributed by atoms with Gasteiger partial charge in [-0.3, -0.25) is 0 Å². The van der Waals surface area contributed by atoms with Crippen LogP contribution in [0.2, 0.25) is 10.2 Å². The molecule has 0 spiro atoms. The molecule has 136 valence electrons. The first-order chi connectivity index (χ1) is 13.2. The second-order valence-corrected chi connectivity index (χ2v) is 6.76. The van der Waals surface area contributed by atoms with E-state index < -0.39 is 0 Å². The van der Waals surface area contributed by atoms with Gasteiger partial charge in [-0.2, -0.15) is 0 Å². The molecule has 7 heteroatoms. The topological polar surface area (TPSA) is 63.0 Å². The average Bonchev–Trinajstić information content (AvgIpc) is 3.10. The molecule has 4 aromatic rings. The summed E-state index contributed by atoms with van der Waals surface area (Å²) in [6.45, 7) is 0.769. The Hall–Kier alpha value is -2.76. The molecule has 0 saturated carbocycles. The molecule has 0 aliphatic heterocycles. The minimum atomic E-state index is 0.430. The second kappa shape index (κ2) is 7.86. The van der Waals surface area contributed by atoms with Gasteiger partial charge in [0, 0.05) is 6.54 Å². The van der Waals surface area contributed by atoms with Crippen LogP contribution < -0.4 is 10.6 Å². The molecule has 2 aromatic carbocycles. The van der Waals surface area contributed by atoms with Crippen LogP contribution in [0, 0.1) is 0 Å².